The van der Waals surface area contributed by atoms with E-state index < -0.39 is 5.97 Å². The van der Waals surface area contributed by atoms with Crippen molar-refractivity contribution in [2.75, 3.05) is 11.1 Å². The molecule has 0 saturated heterocycles. The van der Waals surface area contributed by atoms with Gasteiger partial charge in [-0.1, -0.05) is 39.3 Å². The Morgan fingerprint density at radius 2 is 2.03 bits per heavy atom. The molecule has 11 heteroatoms. The van der Waals surface area contributed by atoms with Gasteiger partial charge in [0.05, 0.1) is 22.0 Å². The summed E-state index contributed by atoms with van der Waals surface area (Å²) in [5.41, 5.74) is 0.998. The lowest BCUT2D eigenvalue weighted by molar-refractivity contribution is -0.113. The number of hydrogen-bond donors (Lipinski definition) is 2. The third-order valence-electron chi connectivity index (χ3n) is 4.35. The Balaban J connectivity index is 1.46. The van der Waals surface area contributed by atoms with Crippen molar-refractivity contribution in [3.05, 3.63) is 57.5 Å². The first-order valence-electron chi connectivity index (χ1n) is 8.86. The molecule has 0 aliphatic rings. The van der Waals surface area contributed by atoms with Gasteiger partial charge in [-0.25, -0.2) is 4.79 Å². The molecule has 0 aliphatic heterocycles. The van der Waals surface area contributed by atoms with E-state index in [0.717, 1.165) is 15.4 Å². The Kier molecular flexibility index (Phi) is 6.03. The number of halogens is 2. The molecule has 0 unspecified atom stereocenters. The number of thioether (sulfide) groups is 1. The smallest absolute Gasteiger partial charge is 0.335 e. The maximum absolute atomic E-state index is 12.3. The lowest BCUT2D eigenvalue weighted by atomic mass is 10.2. The van der Waals surface area contributed by atoms with Gasteiger partial charge in [-0.3, -0.25) is 4.79 Å². The maximum Gasteiger partial charge on any atom is 0.335 e. The van der Waals surface area contributed by atoms with Crippen LogP contribution in [0.5, 0.6) is 0 Å². The summed E-state index contributed by atoms with van der Waals surface area (Å²) in [7, 11) is 1.78. The zero-order valence-corrected chi connectivity index (χ0v) is 19.1. The molecule has 2 heterocycles. The minimum atomic E-state index is -1.11. The van der Waals surface area contributed by atoms with Gasteiger partial charge in [-0.05, 0) is 42.5 Å². The number of carboxylic acid groups (broad SMARTS) is 1. The molecule has 2 aromatic carbocycles. The van der Waals surface area contributed by atoms with Gasteiger partial charge in [0.1, 0.15) is 5.58 Å². The number of carbonyl (C=O) groups excluding carboxylic acids is 1. The molecule has 0 spiro atoms. The highest BCUT2D eigenvalue weighted by Gasteiger charge is 2.17. The quantitative estimate of drug-likeness (QED) is 0.341. The zero-order chi connectivity index (χ0) is 22.1. The first-order chi connectivity index (χ1) is 14.8. The van der Waals surface area contributed by atoms with E-state index in [1.165, 1.54) is 30.0 Å². The number of aromatic carboxylic acids is 1. The van der Waals surface area contributed by atoms with E-state index in [4.69, 9.17) is 21.1 Å². The topological polar surface area (TPSA) is 110 Å². The van der Waals surface area contributed by atoms with Crippen LogP contribution in [0.1, 0.15) is 10.4 Å². The number of nitrogens with zero attached hydrogens (tertiary/aromatic N) is 3. The second kappa shape index (κ2) is 8.74. The van der Waals surface area contributed by atoms with Crippen molar-refractivity contribution in [3.8, 4) is 11.6 Å². The highest BCUT2D eigenvalue weighted by Crippen LogP contribution is 2.30. The summed E-state index contributed by atoms with van der Waals surface area (Å²) < 4.78 is 8.54. The van der Waals surface area contributed by atoms with Crippen LogP contribution in [0.3, 0.4) is 0 Å². The van der Waals surface area contributed by atoms with Gasteiger partial charge in [0.25, 0.3) is 0 Å². The SMILES string of the molecule is Cn1c(SCC(=O)Nc2cc(C(=O)O)ccc2Cl)nnc1-c1cc2cc(Br)ccc2o1. The number of benzene rings is 2. The number of hydrogen-bond acceptors (Lipinski definition) is 6. The maximum atomic E-state index is 12.3. The second-order valence-corrected chi connectivity index (χ2v) is 8.76. The van der Waals surface area contributed by atoms with Crippen molar-refractivity contribution in [3.63, 3.8) is 0 Å². The third-order valence-corrected chi connectivity index (χ3v) is 6.20. The van der Waals surface area contributed by atoms with E-state index in [1.54, 1.807) is 11.6 Å². The number of carbonyl (C=O) groups is 2. The Labute approximate surface area is 193 Å². The number of carboxylic acids is 1. The zero-order valence-electron chi connectivity index (χ0n) is 15.9. The molecule has 0 fully saturated rings. The molecule has 2 aromatic heterocycles. The van der Waals surface area contributed by atoms with Gasteiger partial charge >= 0.3 is 5.97 Å². The fourth-order valence-corrected chi connectivity index (χ4v) is 4.10. The molecule has 0 atom stereocenters. The normalized spacial score (nSPS) is 11.1. The molecule has 0 saturated carbocycles. The predicted molar refractivity (Wildman–Crippen MR) is 122 cm³/mol. The van der Waals surface area contributed by atoms with Crippen LogP contribution in [-0.2, 0) is 11.8 Å². The molecule has 31 heavy (non-hydrogen) atoms. The summed E-state index contributed by atoms with van der Waals surface area (Å²) in [6.07, 6.45) is 0. The summed E-state index contributed by atoms with van der Waals surface area (Å²) in [6.45, 7) is 0. The highest BCUT2D eigenvalue weighted by atomic mass is 79.9. The average Bonchev–Trinajstić information content (AvgIpc) is 3.30. The van der Waals surface area contributed by atoms with Crippen molar-refractivity contribution in [1.29, 1.82) is 0 Å². The summed E-state index contributed by atoms with van der Waals surface area (Å²) >= 11 is 10.7. The Bertz CT molecular complexity index is 1320. The first kappa shape index (κ1) is 21.4. The number of rotatable bonds is 6. The molecule has 2 N–H and O–H groups in total. The van der Waals surface area contributed by atoms with Gasteiger partial charge in [0.15, 0.2) is 16.7 Å². The molecule has 1 amide bonds. The van der Waals surface area contributed by atoms with E-state index in [2.05, 4.69) is 31.4 Å². The van der Waals surface area contributed by atoms with E-state index in [1.807, 2.05) is 24.3 Å². The number of nitrogens with one attached hydrogen (secondary N) is 1. The predicted octanol–water partition coefficient (Wildman–Crippen LogP) is 5.07. The lowest BCUT2D eigenvalue weighted by Gasteiger charge is -2.08. The number of amides is 1. The number of aromatic nitrogens is 3. The molecule has 8 nitrogen and oxygen atoms in total. The van der Waals surface area contributed by atoms with Gasteiger partial charge in [0, 0.05) is 16.9 Å². The van der Waals surface area contributed by atoms with Crippen LogP contribution in [0.2, 0.25) is 5.02 Å². The fraction of sp³-hybridized carbons (Fsp3) is 0.100. The van der Waals surface area contributed by atoms with Crippen LogP contribution in [0.4, 0.5) is 5.69 Å². The van der Waals surface area contributed by atoms with Crippen LogP contribution >= 0.6 is 39.3 Å². The lowest BCUT2D eigenvalue weighted by Crippen LogP contribution is -2.15. The molecule has 158 valence electrons. The minimum Gasteiger partial charge on any atom is -0.478 e. The van der Waals surface area contributed by atoms with E-state index >= 15 is 0 Å². The van der Waals surface area contributed by atoms with Crippen molar-refractivity contribution in [1.82, 2.24) is 14.8 Å². The van der Waals surface area contributed by atoms with Crippen molar-refractivity contribution >= 4 is 67.8 Å². The molecule has 0 aliphatic carbocycles. The van der Waals surface area contributed by atoms with Gasteiger partial charge in [-0.15, -0.1) is 10.2 Å². The highest BCUT2D eigenvalue weighted by molar-refractivity contribution is 9.10. The number of fused-ring (bicyclic) bond motifs is 1. The fourth-order valence-electron chi connectivity index (χ4n) is 2.85. The molecular formula is C20H14BrClN4O4S. The monoisotopic (exact) mass is 520 g/mol. The summed E-state index contributed by atoms with van der Waals surface area (Å²) in [5, 5.41) is 21.7. The number of anilines is 1. The molecule has 4 aromatic rings. The third kappa shape index (κ3) is 4.60. The van der Waals surface area contributed by atoms with Crippen molar-refractivity contribution in [2.45, 2.75) is 5.16 Å². The van der Waals surface area contributed by atoms with E-state index in [0.29, 0.717) is 16.7 Å². The van der Waals surface area contributed by atoms with E-state index in [-0.39, 0.29) is 27.9 Å². The number of furan rings is 1. The van der Waals surface area contributed by atoms with Crippen LogP contribution in [0.15, 0.2) is 56.5 Å². The standard InChI is InChI=1S/C20H14BrClN4O4S/c1-26-18(16-8-11-6-12(21)3-5-15(11)30-16)24-25-20(26)31-9-17(27)23-14-7-10(19(28)29)2-4-13(14)22/h2-8H,9H2,1H3,(H,23,27)(H,28,29). The van der Waals surface area contributed by atoms with Gasteiger partial charge in [-0.2, -0.15) is 0 Å². The summed E-state index contributed by atoms with van der Waals surface area (Å²) in [4.78, 5) is 23.4. The Hall–Kier alpha value is -2.82. The van der Waals surface area contributed by atoms with Gasteiger partial charge in [0.2, 0.25) is 5.91 Å². The first-order valence-corrected chi connectivity index (χ1v) is 11.0. The van der Waals surface area contributed by atoms with Crippen molar-refractivity contribution < 1.29 is 19.1 Å². The second-order valence-electron chi connectivity index (χ2n) is 6.49. The largest absolute Gasteiger partial charge is 0.478 e. The van der Waals surface area contributed by atoms with Crippen LogP contribution in [0.25, 0.3) is 22.6 Å². The summed E-state index contributed by atoms with van der Waals surface area (Å²) in [5.74, 6) is -0.324. The van der Waals surface area contributed by atoms with Crippen molar-refractivity contribution in [2.24, 2.45) is 7.05 Å². The van der Waals surface area contributed by atoms with Crippen LogP contribution in [0, 0.1) is 0 Å². The molecule has 0 bridgehead atoms. The molecule has 4 rings (SSSR count). The minimum absolute atomic E-state index is 0.0307. The Morgan fingerprint density at radius 1 is 1.23 bits per heavy atom. The average molecular weight is 522 g/mol. The van der Waals surface area contributed by atoms with Crippen LogP contribution in [-0.4, -0.2) is 37.5 Å². The summed E-state index contributed by atoms with van der Waals surface area (Å²) in [6, 6.07) is 11.7. The van der Waals surface area contributed by atoms with Gasteiger partial charge < -0.3 is 19.4 Å². The van der Waals surface area contributed by atoms with Crippen LogP contribution < -0.4 is 5.32 Å². The van der Waals surface area contributed by atoms with E-state index in [9.17, 15) is 9.59 Å². The molecule has 0 radical (unpaired) electrons. The molecular weight excluding hydrogens is 508 g/mol. The Morgan fingerprint density at radius 3 is 2.81 bits per heavy atom.